The Balaban J connectivity index is 2.96. The van der Waals surface area contributed by atoms with Crippen molar-refractivity contribution in [2.75, 3.05) is 19.4 Å². The van der Waals surface area contributed by atoms with Gasteiger partial charge >= 0.3 is 0 Å². The molecule has 0 saturated carbocycles. The van der Waals surface area contributed by atoms with Gasteiger partial charge in [-0.1, -0.05) is 0 Å². The molecule has 1 atom stereocenters. The van der Waals surface area contributed by atoms with Gasteiger partial charge in [0.2, 0.25) is 10.0 Å². The zero-order valence-electron chi connectivity index (χ0n) is 9.67. The van der Waals surface area contributed by atoms with Crippen molar-refractivity contribution in [2.24, 2.45) is 0 Å². The molecule has 96 valence electrons. The topological polar surface area (TPSA) is 102 Å². The summed E-state index contributed by atoms with van der Waals surface area (Å²) >= 11 is 0. The number of sulfonamides is 1. The largest absolute Gasteiger partial charge is 0.495 e. The molecule has 17 heavy (non-hydrogen) atoms. The van der Waals surface area contributed by atoms with Gasteiger partial charge in [-0.15, -0.1) is 0 Å². The lowest BCUT2D eigenvalue weighted by molar-refractivity contribution is 0.198. The summed E-state index contributed by atoms with van der Waals surface area (Å²) in [5.74, 6) is 0.416. The van der Waals surface area contributed by atoms with Crippen molar-refractivity contribution in [3.63, 3.8) is 0 Å². The molecule has 0 unspecified atom stereocenters. The summed E-state index contributed by atoms with van der Waals surface area (Å²) in [4.78, 5) is 0.0384. The minimum Gasteiger partial charge on any atom is -0.495 e. The van der Waals surface area contributed by atoms with Gasteiger partial charge in [0.25, 0.3) is 0 Å². The Hall–Kier alpha value is -1.31. The van der Waals surface area contributed by atoms with Crippen molar-refractivity contribution in [3.8, 4) is 5.75 Å². The van der Waals surface area contributed by atoms with Gasteiger partial charge in [-0.05, 0) is 25.1 Å². The maximum atomic E-state index is 11.8. The van der Waals surface area contributed by atoms with E-state index < -0.39 is 16.1 Å². The number of hydrogen-bond donors (Lipinski definition) is 3. The first-order chi connectivity index (χ1) is 7.86. The molecular weight excluding hydrogens is 244 g/mol. The molecule has 0 aliphatic carbocycles. The van der Waals surface area contributed by atoms with Crippen LogP contribution in [-0.4, -0.2) is 33.3 Å². The van der Waals surface area contributed by atoms with Gasteiger partial charge in [0.1, 0.15) is 5.75 Å². The number of nitrogens with two attached hydrogens (primary N) is 1. The van der Waals surface area contributed by atoms with E-state index in [1.807, 2.05) is 0 Å². The number of nitrogens with one attached hydrogen (secondary N) is 1. The molecule has 0 bridgehead atoms. The highest BCUT2D eigenvalue weighted by Gasteiger charge is 2.15. The van der Waals surface area contributed by atoms with Crippen molar-refractivity contribution in [1.82, 2.24) is 4.72 Å². The van der Waals surface area contributed by atoms with E-state index in [-0.39, 0.29) is 17.1 Å². The third-order valence-corrected chi connectivity index (χ3v) is 3.50. The van der Waals surface area contributed by atoms with Gasteiger partial charge in [-0.3, -0.25) is 0 Å². The van der Waals surface area contributed by atoms with Crippen LogP contribution in [0.1, 0.15) is 6.92 Å². The Bertz CT molecular complexity index is 485. The van der Waals surface area contributed by atoms with Gasteiger partial charge < -0.3 is 15.6 Å². The summed E-state index contributed by atoms with van der Waals surface area (Å²) in [6, 6.07) is 4.18. The lowest BCUT2D eigenvalue weighted by atomic mass is 10.3. The van der Waals surface area contributed by atoms with E-state index in [0.29, 0.717) is 5.75 Å². The molecule has 0 radical (unpaired) electrons. The molecule has 0 aliphatic heterocycles. The van der Waals surface area contributed by atoms with E-state index in [4.69, 9.17) is 15.6 Å². The first-order valence-corrected chi connectivity index (χ1v) is 6.46. The number of ether oxygens (including phenoxy) is 1. The molecule has 0 heterocycles. The lowest BCUT2D eigenvalue weighted by Crippen LogP contribution is -2.30. The molecular formula is C10H16N2O4S. The van der Waals surface area contributed by atoms with Crippen LogP contribution in [0.5, 0.6) is 5.75 Å². The summed E-state index contributed by atoms with van der Waals surface area (Å²) in [5.41, 5.74) is 5.86. The predicted octanol–water partition coefficient (Wildman–Crippen LogP) is -0.0635. The summed E-state index contributed by atoms with van der Waals surface area (Å²) in [6.07, 6.45) is -0.750. The molecule has 1 aromatic rings. The Kier molecular flexibility index (Phi) is 4.33. The van der Waals surface area contributed by atoms with E-state index in [1.54, 1.807) is 0 Å². The van der Waals surface area contributed by atoms with E-state index in [0.717, 1.165) is 0 Å². The van der Waals surface area contributed by atoms with Crippen molar-refractivity contribution in [3.05, 3.63) is 18.2 Å². The molecule has 0 aromatic heterocycles. The number of benzene rings is 1. The standard InChI is InChI=1S/C10H16N2O4S/c1-7(13)6-12-17(14,15)8-3-4-10(16-2)9(11)5-8/h3-5,7,12-13H,6,11H2,1-2H3/t7-/m1/s1. The molecule has 0 saturated heterocycles. The molecule has 6 nitrogen and oxygen atoms in total. The fraction of sp³-hybridized carbons (Fsp3) is 0.400. The number of nitrogen functional groups attached to an aromatic ring is 1. The van der Waals surface area contributed by atoms with Crippen molar-refractivity contribution in [1.29, 1.82) is 0 Å². The number of anilines is 1. The summed E-state index contributed by atoms with van der Waals surface area (Å²) in [7, 11) is -2.20. The van der Waals surface area contributed by atoms with E-state index in [1.165, 1.54) is 32.2 Å². The first kappa shape index (κ1) is 13.8. The highest BCUT2D eigenvalue weighted by molar-refractivity contribution is 7.89. The Morgan fingerprint density at radius 1 is 1.53 bits per heavy atom. The Labute approximate surface area is 100 Å². The van der Waals surface area contributed by atoms with Gasteiger partial charge in [0, 0.05) is 6.54 Å². The van der Waals surface area contributed by atoms with Crippen LogP contribution in [0.4, 0.5) is 5.69 Å². The SMILES string of the molecule is COc1ccc(S(=O)(=O)NC[C@@H](C)O)cc1N. The van der Waals surface area contributed by atoms with Gasteiger partial charge in [-0.25, -0.2) is 13.1 Å². The van der Waals surface area contributed by atoms with Crippen molar-refractivity contribution >= 4 is 15.7 Å². The number of rotatable bonds is 5. The van der Waals surface area contributed by atoms with Crippen LogP contribution in [-0.2, 0) is 10.0 Å². The first-order valence-electron chi connectivity index (χ1n) is 4.98. The van der Waals surface area contributed by atoms with Crippen LogP contribution in [0, 0.1) is 0 Å². The molecule has 0 aliphatic rings. The predicted molar refractivity (Wildman–Crippen MR) is 64.3 cm³/mol. The molecule has 0 spiro atoms. The normalized spacial score (nSPS) is 13.4. The molecule has 1 rings (SSSR count). The van der Waals surface area contributed by atoms with Gasteiger partial charge in [-0.2, -0.15) is 0 Å². The van der Waals surface area contributed by atoms with E-state index in [2.05, 4.69) is 4.72 Å². The zero-order valence-corrected chi connectivity index (χ0v) is 10.5. The average Bonchev–Trinajstić information content (AvgIpc) is 2.26. The van der Waals surface area contributed by atoms with E-state index >= 15 is 0 Å². The summed E-state index contributed by atoms with van der Waals surface area (Å²) < 4.78 is 30.7. The Morgan fingerprint density at radius 2 is 2.18 bits per heavy atom. The quantitative estimate of drug-likeness (QED) is 0.644. The third-order valence-electron chi connectivity index (χ3n) is 2.08. The molecule has 4 N–H and O–H groups in total. The molecule has 0 amide bonds. The van der Waals surface area contributed by atoms with Gasteiger partial charge in [0.15, 0.2) is 0 Å². The average molecular weight is 260 g/mol. The van der Waals surface area contributed by atoms with Crippen LogP contribution >= 0.6 is 0 Å². The van der Waals surface area contributed by atoms with Crippen LogP contribution in [0.3, 0.4) is 0 Å². The smallest absolute Gasteiger partial charge is 0.240 e. The second kappa shape index (κ2) is 5.35. The van der Waals surface area contributed by atoms with Crippen LogP contribution in [0.15, 0.2) is 23.1 Å². The summed E-state index contributed by atoms with van der Waals surface area (Å²) in [6.45, 7) is 1.44. The van der Waals surface area contributed by atoms with Crippen LogP contribution < -0.4 is 15.2 Å². The third kappa shape index (κ3) is 3.58. The van der Waals surface area contributed by atoms with Gasteiger partial charge in [0.05, 0.1) is 23.8 Å². The highest BCUT2D eigenvalue weighted by atomic mass is 32.2. The molecule has 1 aromatic carbocycles. The van der Waals surface area contributed by atoms with Crippen LogP contribution in [0.25, 0.3) is 0 Å². The minimum absolute atomic E-state index is 0.0384. The Morgan fingerprint density at radius 3 is 2.65 bits per heavy atom. The second-order valence-corrected chi connectivity index (χ2v) is 5.37. The molecule has 0 fully saturated rings. The maximum Gasteiger partial charge on any atom is 0.240 e. The summed E-state index contributed by atoms with van der Waals surface area (Å²) in [5, 5.41) is 9.03. The highest BCUT2D eigenvalue weighted by Crippen LogP contribution is 2.24. The number of methoxy groups -OCH3 is 1. The van der Waals surface area contributed by atoms with E-state index in [9.17, 15) is 8.42 Å². The molecule has 7 heteroatoms. The number of aliphatic hydroxyl groups is 1. The fourth-order valence-electron chi connectivity index (χ4n) is 1.19. The fourth-order valence-corrected chi connectivity index (χ4v) is 2.35. The zero-order chi connectivity index (χ0) is 13.1. The number of hydrogen-bond acceptors (Lipinski definition) is 5. The van der Waals surface area contributed by atoms with Crippen molar-refractivity contribution < 1.29 is 18.3 Å². The lowest BCUT2D eigenvalue weighted by Gasteiger charge is -2.10. The number of aliphatic hydroxyl groups excluding tert-OH is 1. The van der Waals surface area contributed by atoms with Crippen molar-refractivity contribution in [2.45, 2.75) is 17.9 Å². The maximum absolute atomic E-state index is 11.8. The van der Waals surface area contributed by atoms with Crippen LogP contribution in [0.2, 0.25) is 0 Å². The minimum atomic E-state index is -3.65. The second-order valence-electron chi connectivity index (χ2n) is 3.60. The monoisotopic (exact) mass is 260 g/mol.